The van der Waals surface area contributed by atoms with Crippen molar-refractivity contribution in [3.05, 3.63) is 95.3 Å². The van der Waals surface area contributed by atoms with E-state index in [1.165, 1.54) is 41.3 Å². The third-order valence-electron chi connectivity index (χ3n) is 7.11. The summed E-state index contributed by atoms with van der Waals surface area (Å²) in [7, 11) is -4.17. The number of rotatable bonds is 10. The van der Waals surface area contributed by atoms with Crippen LogP contribution in [0.25, 0.3) is 0 Å². The van der Waals surface area contributed by atoms with E-state index in [1.54, 1.807) is 49.4 Å². The van der Waals surface area contributed by atoms with Crippen molar-refractivity contribution in [1.82, 2.24) is 10.2 Å². The van der Waals surface area contributed by atoms with Gasteiger partial charge in [-0.3, -0.25) is 13.9 Å². The van der Waals surface area contributed by atoms with E-state index in [-0.39, 0.29) is 23.4 Å². The molecule has 1 aliphatic carbocycles. The third kappa shape index (κ3) is 7.40. The second-order valence-corrected chi connectivity index (χ2v) is 12.3. The molecule has 3 aromatic carbocycles. The van der Waals surface area contributed by atoms with Crippen molar-refractivity contribution in [2.45, 2.75) is 62.6 Å². The smallest absolute Gasteiger partial charge is 0.264 e. The highest BCUT2D eigenvalue weighted by Gasteiger charge is 2.33. The van der Waals surface area contributed by atoms with Crippen LogP contribution in [-0.4, -0.2) is 43.8 Å². The van der Waals surface area contributed by atoms with Crippen LogP contribution in [0.2, 0.25) is 5.02 Å². The summed E-state index contributed by atoms with van der Waals surface area (Å²) in [5.74, 6) is -1.31. The summed E-state index contributed by atoms with van der Waals surface area (Å²) in [6, 6.07) is 18.8. The van der Waals surface area contributed by atoms with Gasteiger partial charge in [0.2, 0.25) is 11.8 Å². The molecule has 3 aromatic rings. The topological polar surface area (TPSA) is 86.8 Å². The molecule has 212 valence electrons. The average Bonchev–Trinajstić information content (AvgIpc) is 2.96. The summed E-state index contributed by atoms with van der Waals surface area (Å²) in [6.07, 6.45) is 4.96. The molecule has 0 saturated heterocycles. The van der Waals surface area contributed by atoms with Gasteiger partial charge in [0.1, 0.15) is 18.4 Å². The highest BCUT2D eigenvalue weighted by atomic mass is 35.5. The Morgan fingerprint density at radius 2 is 1.57 bits per heavy atom. The van der Waals surface area contributed by atoms with Gasteiger partial charge < -0.3 is 10.2 Å². The van der Waals surface area contributed by atoms with Gasteiger partial charge in [0.15, 0.2) is 0 Å². The number of halogens is 2. The lowest BCUT2D eigenvalue weighted by molar-refractivity contribution is -0.139. The van der Waals surface area contributed by atoms with E-state index < -0.39 is 34.3 Å². The SMILES string of the molecule is C[C@@H](C(=O)NC1CCCCC1)N(Cc1ccc(F)cc1)C(=O)CN(c1ccccc1)S(=O)(=O)c1ccc(Cl)cc1. The fraction of sp³-hybridized carbons (Fsp3) is 0.333. The second-order valence-electron chi connectivity index (χ2n) is 9.97. The molecule has 1 aliphatic rings. The van der Waals surface area contributed by atoms with Crippen molar-refractivity contribution in [2.24, 2.45) is 0 Å². The van der Waals surface area contributed by atoms with Gasteiger partial charge in [-0.1, -0.05) is 61.2 Å². The summed E-state index contributed by atoms with van der Waals surface area (Å²) in [5, 5.41) is 3.44. The number of anilines is 1. The molecule has 0 bridgehead atoms. The van der Waals surface area contributed by atoms with Gasteiger partial charge >= 0.3 is 0 Å². The first kappa shape index (κ1) is 29.6. The zero-order chi connectivity index (χ0) is 28.7. The molecule has 0 spiro atoms. The molecule has 0 radical (unpaired) electrons. The molecule has 2 amide bonds. The van der Waals surface area contributed by atoms with Crippen LogP contribution in [-0.2, 0) is 26.2 Å². The number of carbonyl (C=O) groups is 2. The first-order valence-electron chi connectivity index (χ1n) is 13.3. The molecule has 1 atom stereocenters. The lowest BCUT2D eigenvalue weighted by Crippen LogP contribution is -2.53. The van der Waals surface area contributed by atoms with Crippen molar-refractivity contribution < 1.29 is 22.4 Å². The van der Waals surface area contributed by atoms with Gasteiger partial charge in [-0.25, -0.2) is 12.8 Å². The predicted octanol–water partition coefficient (Wildman–Crippen LogP) is 5.54. The van der Waals surface area contributed by atoms with Crippen LogP contribution in [0.1, 0.15) is 44.6 Å². The Balaban J connectivity index is 1.65. The van der Waals surface area contributed by atoms with E-state index in [1.807, 2.05) is 0 Å². The lowest BCUT2D eigenvalue weighted by Gasteiger charge is -2.33. The van der Waals surface area contributed by atoms with E-state index >= 15 is 0 Å². The normalized spacial score (nSPS) is 14.8. The molecule has 0 aromatic heterocycles. The number of para-hydroxylation sites is 1. The summed E-state index contributed by atoms with van der Waals surface area (Å²) in [6.45, 7) is 1.08. The molecule has 40 heavy (non-hydrogen) atoms. The van der Waals surface area contributed by atoms with Gasteiger partial charge in [-0.05, 0) is 73.9 Å². The Morgan fingerprint density at radius 3 is 2.20 bits per heavy atom. The van der Waals surface area contributed by atoms with Gasteiger partial charge in [-0.15, -0.1) is 0 Å². The van der Waals surface area contributed by atoms with E-state index in [9.17, 15) is 22.4 Å². The molecular formula is C30H33ClFN3O4S. The number of sulfonamides is 1. The van der Waals surface area contributed by atoms with E-state index in [2.05, 4.69) is 5.32 Å². The fourth-order valence-corrected chi connectivity index (χ4v) is 6.33. The van der Waals surface area contributed by atoms with Gasteiger partial charge in [-0.2, -0.15) is 0 Å². The van der Waals surface area contributed by atoms with Gasteiger partial charge in [0.05, 0.1) is 10.6 Å². The Labute approximate surface area is 240 Å². The highest BCUT2D eigenvalue weighted by Crippen LogP contribution is 2.25. The third-order valence-corrected chi connectivity index (χ3v) is 9.15. The van der Waals surface area contributed by atoms with Crippen molar-refractivity contribution in [1.29, 1.82) is 0 Å². The largest absolute Gasteiger partial charge is 0.352 e. The zero-order valence-electron chi connectivity index (χ0n) is 22.3. The molecule has 0 unspecified atom stereocenters. The summed E-state index contributed by atoms with van der Waals surface area (Å²) in [5.41, 5.74) is 0.908. The lowest BCUT2D eigenvalue weighted by atomic mass is 9.95. The Bertz CT molecular complexity index is 1400. The van der Waals surface area contributed by atoms with Gasteiger partial charge in [0, 0.05) is 17.6 Å². The van der Waals surface area contributed by atoms with E-state index in [4.69, 9.17) is 11.6 Å². The maximum absolute atomic E-state index is 13.9. The fourth-order valence-electron chi connectivity index (χ4n) is 4.79. The van der Waals surface area contributed by atoms with Crippen molar-refractivity contribution in [3.63, 3.8) is 0 Å². The number of hydrogen-bond acceptors (Lipinski definition) is 4. The van der Waals surface area contributed by atoms with Crippen molar-refractivity contribution in [2.75, 3.05) is 10.8 Å². The molecule has 0 aliphatic heterocycles. The number of carbonyl (C=O) groups excluding carboxylic acids is 2. The second kappa shape index (κ2) is 13.3. The quantitative estimate of drug-likeness (QED) is 0.338. The summed E-state index contributed by atoms with van der Waals surface area (Å²) >= 11 is 5.97. The van der Waals surface area contributed by atoms with Crippen LogP contribution in [0.3, 0.4) is 0 Å². The number of amides is 2. The molecule has 10 heteroatoms. The minimum atomic E-state index is -4.17. The molecular weight excluding hydrogens is 553 g/mol. The minimum absolute atomic E-state index is 0.00197. The van der Waals surface area contributed by atoms with Crippen molar-refractivity contribution >= 4 is 39.1 Å². The van der Waals surface area contributed by atoms with Crippen LogP contribution in [0, 0.1) is 5.82 Å². The molecule has 1 N–H and O–H groups in total. The molecule has 7 nitrogen and oxygen atoms in total. The number of nitrogens with one attached hydrogen (secondary N) is 1. The first-order chi connectivity index (χ1) is 19.1. The first-order valence-corrected chi connectivity index (χ1v) is 15.1. The number of nitrogens with zero attached hydrogens (tertiary/aromatic N) is 2. The average molecular weight is 586 g/mol. The van der Waals surface area contributed by atoms with Crippen LogP contribution in [0.5, 0.6) is 0 Å². The van der Waals surface area contributed by atoms with Crippen LogP contribution >= 0.6 is 11.6 Å². The van der Waals surface area contributed by atoms with E-state index in [0.717, 1.165) is 36.4 Å². The molecule has 0 heterocycles. The van der Waals surface area contributed by atoms with Crippen LogP contribution in [0.4, 0.5) is 10.1 Å². The standard InChI is InChI=1S/C30H33ClFN3O4S/c1-22(30(37)33-26-8-4-2-5-9-26)34(20-23-12-16-25(32)17-13-23)29(36)21-35(27-10-6-3-7-11-27)40(38,39)28-18-14-24(31)15-19-28/h3,6-7,10-19,22,26H,2,4-5,8-9,20-21H2,1H3,(H,33,37)/t22-/m0/s1. The summed E-state index contributed by atoms with van der Waals surface area (Å²) in [4.78, 5) is 28.5. The Morgan fingerprint density at radius 1 is 0.950 bits per heavy atom. The van der Waals surface area contributed by atoms with Crippen LogP contribution < -0.4 is 9.62 Å². The minimum Gasteiger partial charge on any atom is -0.352 e. The van der Waals surface area contributed by atoms with E-state index in [0.29, 0.717) is 16.3 Å². The van der Waals surface area contributed by atoms with Crippen LogP contribution in [0.15, 0.2) is 83.8 Å². The number of hydrogen-bond donors (Lipinski definition) is 1. The number of benzene rings is 3. The molecule has 4 rings (SSSR count). The molecule has 1 saturated carbocycles. The maximum Gasteiger partial charge on any atom is 0.264 e. The Hall–Kier alpha value is -3.43. The van der Waals surface area contributed by atoms with Crippen molar-refractivity contribution in [3.8, 4) is 0 Å². The highest BCUT2D eigenvalue weighted by molar-refractivity contribution is 7.92. The molecule has 1 fully saturated rings. The predicted molar refractivity (Wildman–Crippen MR) is 154 cm³/mol. The van der Waals surface area contributed by atoms with Gasteiger partial charge in [0.25, 0.3) is 10.0 Å². The monoisotopic (exact) mass is 585 g/mol. The summed E-state index contributed by atoms with van der Waals surface area (Å²) < 4.78 is 42.1. The zero-order valence-corrected chi connectivity index (χ0v) is 23.9. The maximum atomic E-state index is 13.9. The Kier molecular flexibility index (Phi) is 9.81.